The third-order valence-electron chi connectivity index (χ3n) is 5.61. The van der Waals surface area contributed by atoms with E-state index in [4.69, 9.17) is 4.74 Å². The monoisotopic (exact) mass is 380 g/mol. The fraction of sp³-hybridized carbons (Fsp3) is 0.458. The van der Waals surface area contributed by atoms with E-state index in [1.54, 1.807) is 0 Å². The Morgan fingerprint density at radius 3 is 2.32 bits per heavy atom. The Hall–Kier alpha value is -2.17. The van der Waals surface area contributed by atoms with Crippen LogP contribution < -0.4 is 4.90 Å². The molecule has 28 heavy (non-hydrogen) atoms. The van der Waals surface area contributed by atoms with Gasteiger partial charge in [-0.15, -0.1) is 0 Å². The lowest BCUT2D eigenvalue weighted by Gasteiger charge is -2.28. The lowest BCUT2D eigenvalue weighted by atomic mass is 9.97. The SMILES string of the molecule is CN(C)C(CCC(=O)c1ccc(N2CCOCC2)cc1)CCc1ccccc1. The quantitative estimate of drug-likeness (QED) is 0.615. The van der Waals surface area contributed by atoms with Crippen LogP contribution in [0.2, 0.25) is 0 Å². The molecule has 3 rings (SSSR count). The van der Waals surface area contributed by atoms with E-state index in [0.29, 0.717) is 12.5 Å². The third kappa shape index (κ3) is 5.91. The van der Waals surface area contributed by atoms with Gasteiger partial charge in [-0.1, -0.05) is 30.3 Å². The van der Waals surface area contributed by atoms with Gasteiger partial charge in [-0.2, -0.15) is 0 Å². The number of rotatable bonds is 9. The molecule has 2 aromatic carbocycles. The highest BCUT2D eigenvalue weighted by molar-refractivity contribution is 5.96. The summed E-state index contributed by atoms with van der Waals surface area (Å²) in [5, 5.41) is 0. The average Bonchev–Trinajstić information content (AvgIpc) is 2.75. The van der Waals surface area contributed by atoms with Crippen LogP contribution in [-0.4, -0.2) is 57.1 Å². The summed E-state index contributed by atoms with van der Waals surface area (Å²) in [5.41, 5.74) is 3.35. The van der Waals surface area contributed by atoms with E-state index < -0.39 is 0 Å². The van der Waals surface area contributed by atoms with Crippen molar-refractivity contribution in [3.63, 3.8) is 0 Å². The number of benzene rings is 2. The van der Waals surface area contributed by atoms with Crippen LogP contribution in [0.3, 0.4) is 0 Å². The molecule has 150 valence electrons. The predicted molar refractivity (Wildman–Crippen MR) is 115 cm³/mol. The number of aryl methyl sites for hydroxylation is 1. The van der Waals surface area contributed by atoms with Crippen molar-refractivity contribution in [1.82, 2.24) is 4.90 Å². The zero-order chi connectivity index (χ0) is 19.8. The molecule has 0 saturated carbocycles. The highest BCUT2D eigenvalue weighted by Gasteiger charge is 2.16. The molecule has 0 spiro atoms. The molecule has 0 radical (unpaired) electrons. The lowest BCUT2D eigenvalue weighted by molar-refractivity contribution is 0.0967. The number of ether oxygens (including phenoxy) is 1. The molecule has 0 bridgehead atoms. The molecular weight excluding hydrogens is 348 g/mol. The first-order chi connectivity index (χ1) is 13.6. The summed E-state index contributed by atoms with van der Waals surface area (Å²) in [6, 6.07) is 19.1. The van der Waals surface area contributed by atoms with Gasteiger partial charge in [0.2, 0.25) is 0 Å². The minimum Gasteiger partial charge on any atom is -0.378 e. The van der Waals surface area contributed by atoms with Crippen LogP contribution in [0.1, 0.15) is 35.2 Å². The summed E-state index contributed by atoms with van der Waals surface area (Å²) < 4.78 is 5.41. The number of morpholine rings is 1. The largest absolute Gasteiger partial charge is 0.378 e. The molecule has 1 heterocycles. The molecule has 0 amide bonds. The zero-order valence-electron chi connectivity index (χ0n) is 17.1. The fourth-order valence-corrected chi connectivity index (χ4v) is 3.76. The molecule has 0 N–H and O–H groups in total. The third-order valence-corrected chi connectivity index (χ3v) is 5.61. The smallest absolute Gasteiger partial charge is 0.162 e. The van der Waals surface area contributed by atoms with Crippen molar-refractivity contribution >= 4 is 11.5 Å². The second-order valence-corrected chi connectivity index (χ2v) is 7.75. The van der Waals surface area contributed by atoms with Crippen molar-refractivity contribution in [3.8, 4) is 0 Å². The second-order valence-electron chi connectivity index (χ2n) is 7.75. The Kier molecular flexibility index (Phi) is 7.63. The number of carbonyl (C=O) groups excluding carboxylic acids is 1. The van der Waals surface area contributed by atoms with E-state index in [9.17, 15) is 4.79 Å². The minimum absolute atomic E-state index is 0.236. The summed E-state index contributed by atoms with van der Waals surface area (Å²) in [6.45, 7) is 3.38. The second kappa shape index (κ2) is 10.4. The van der Waals surface area contributed by atoms with Crippen LogP contribution >= 0.6 is 0 Å². The molecule has 1 unspecified atom stereocenters. The fourth-order valence-electron chi connectivity index (χ4n) is 3.76. The van der Waals surface area contributed by atoms with Gasteiger partial charge in [0.1, 0.15) is 0 Å². The van der Waals surface area contributed by atoms with Gasteiger partial charge in [-0.25, -0.2) is 0 Å². The molecule has 1 aliphatic heterocycles. The first-order valence-electron chi connectivity index (χ1n) is 10.3. The predicted octanol–water partition coefficient (Wildman–Crippen LogP) is 4.05. The van der Waals surface area contributed by atoms with E-state index in [2.05, 4.69) is 66.4 Å². The van der Waals surface area contributed by atoms with Crippen molar-refractivity contribution in [2.75, 3.05) is 45.3 Å². The van der Waals surface area contributed by atoms with Gasteiger partial charge in [0.05, 0.1) is 13.2 Å². The van der Waals surface area contributed by atoms with E-state index in [1.165, 1.54) is 11.3 Å². The van der Waals surface area contributed by atoms with Crippen LogP contribution in [-0.2, 0) is 11.2 Å². The van der Waals surface area contributed by atoms with Crippen LogP contribution in [0.25, 0.3) is 0 Å². The van der Waals surface area contributed by atoms with Crippen LogP contribution in [0.5, 0.6) is 0 Å². The summed E-state index contributed by atoms with van der Waals surface area (Å²) in [6.07, 6.45) is 3.60. The molecule has 1 fully saturated rings. The van der Waals surface area contributed by atoms with Crippen molar-refractivity contribution in [3.05, 3.63) is 65.7 Å². The number of Topliss-reactive ketones (excluding diaryl/α,β-unsaturated/α-hetero) is 1. The lowest BCUT2D eigenvalue weighted by Crippen LogP contribution is -2.36. The van der Waals surface area contributed by atoms with Crippen LogP contribution in [0, 0.1) is 0 Å². The van der Waals surface area contributed by atoms with Crippen molar-refractivity contribution in [2.24, 2.45) is 0 Å². The van der Waals surface area contributed by atoms with E-state index >= 15 is 0 Å². The summed E-state index contributed by atoms with van der Waals surface area (Å²) in [5.74, 6) is 0.236. The normalized spacial score (nSPS) is 15.6. The summed E-state index contributed by atoms with van der Waals surface area (Å²) in [7, 11) is 4.22. The van der Waals surface area contributed by atoms with Gasteiger partial charge in [-0.3, -0.25) is 4.79 Å². The summed E-state index contributed by atoms with van der Waals surface area (Å²) in [4.78, 5) is 17.2. The molecule has 2 aromatic rings. The van der Waals surface area contributed by atoms with Crippen LogP contribution in [0.15, 0.2) is 54.6 Å². The Labute approximate surface area is 169 Å². The van der Waals surface area contributed by atoms with Crippen molar-refractivity contribution in [2.45, 2.75) is 31.7 Å². The molecule has 4 nitrogen and oxygen atoms in total. The number of ketones is 1. The number of nitrogens with zero attached hydrogens (tertiary/aromatic N) is 2. The van der Waals surface area contributed by atoms with Crippen molar-refractivity contribution < 1.29 is 9.53 Å². The Bertz CT molecular complexity index is 722. The highest BCUT2D eigenvalue weighted by Crippen LogP contribution is 2.19. The molecule has 1 aliphatic rings. The van der Waals surface area contributed by atoms with E-state index in [1.807, 2.05) is 12.1 Å². The van der Waals surface area contributed by atoms with Crippen LogP contribution in [0.4, 0.5) is 5.69 Å². The Balaban J connectivity index is 1.50. The number of hydrogen-bond acceptors (Lipinski definition) is 4. The van der Waals surface area contributed by atoms with E-state index in [-0.39, 0.29) is 5.78 Å². The zero-order valence-corrected chi connectivity index (χ0v) is 17.1. The van der Waals surface area contributed by atoms with Gasteiger partial charge >= 0.3 is 0 Å². The standard InChI is InChI=1S/C24H32N2O2/c1-25(2)22(11-8-20-6-4-3-5-7-20)14-15-24(27)21-9-12-23(13-10-21)26-16-18-28-19-17-26/h3-7,9-10,12-13,22H,8,11,14-19H2,1-2H3. The van der Waals surface area contributed by atoms with Gasteiger partial charge in [-0.05, 0) is 63.2 Å². The molecule has 0 aromatic heterocycles. The Morgan fingerprint density at radius 1 is 1.00 bits per heavy atom. The highest BCUT2D eigenvalue weighted by atomic mass is 16.5. The maximum absolute atomic E-state index is 12.7. The van der Waals surface area contributed by atoms with E-state index in [0.717, 1.165) is 51.1 Å². The number of anilines is 1. The molecular formula is C24H32N2O2. The molecule has 4 heteroatoms. The summed E-state index contributed by atoms with van der Waals surface area (Å²) >= 11 is 0. The minimum atomic E-state index is 0.236. The molecule has 1 saturated heterocycles. The topological polar surface area (TPSA) is 32.8 Å². The molecule has 1 atom stereocenters. The first-order valence-corrected chi connectivity index (χ1v) is 10.3. The van der Waals surface area contributed by atoms with Gasteiger partial charge < -0.3 is 14.5 Å². The number of carbonyl (C=O) groups is 1. The number of hydrogen-bond donors (Lipinski definition) is 0. The van der Waals surface area contributed by atoms with Gasteiger partial charge in [0, 0.05) is 36.8 Å². The Morgan fingerprint density at radius 2 is 1.68 bits per heavy atom. The first kappa shape index (κ1) is 20.6. The maximum atomic E-state index is 12.7. The van der Waals surface area contributed by atoms with Gasteiger partial charge in [0.25, 0.3) is 0 Å². The van der Waals surface area contributed by atoms with Gasteiger partial charge in [0.15, 0.2) is 5.78 Å². The average molecular weight is 381 g/mol. The van der Waals surface area contributed by atoms with Crippen molar-refractivity contribution in [1.29, 1.82) is 0 Å². The molecule has 0 aliphatic carbocycles. The maximum Gasteiger partial charge on any atom is 0.162 e.